The van der Waals surface area contributed by atoms with Gasteiger partial charge in [-0.1, -0.05) is 42.5 Å². The molecule has 0 radical (unpaired) electrons. The maximum Gasteiger partial charge on any atom is 0.503 e. The van der Waals surface area contributed by atoms with Crippen LogP contribution in [0.3, 0.4) is 0 Å². The second-order valence-electron chi connectivity index (χ2n) is 10.0. The van der Waals surface area contributed by atoms with E-state index in [0.29, 0.717) is 19.4 Å². The van der Waals surface area contributed by atoms with Crippen molar-refractivity contribution in [3.05, 3.63) is 78.4 Å². The van der Waals surface area contributed by atoms with E-state index in [1.165, 1.54) is 24.1 Å². The zero-order chi connectivity index (χ0) is 28.7. The van der Waals surface area contributed by atoms with Crippen molar-refractivity contribution in [2.24, 2.45) is 0 Å². The lowest BCUT2D eigenvalue weighted by atomic mass is 10.1. The molecule has 5 rings (SSSR count). The molecule has 0 saturated carbocycles. The highest BCUT2D eigenvalue weighted by Crippen LogP contribution is 2.29. The quantitative estimate of drug-likeness (QED) is 0.342. The van der Waals surface area contributed by atoms with E-state index in [-0.39, 0.29) is 16.8 Å². The van der Waals surface area contributed by atoms with E-state index in [9.17, 15) is 13.2 Å². The zero-order valence-corrected chi connectivity index (χ0v) is 23.3. The van der Waals surface area contributed by atoms with Crippen molar-refractivity contribution in [1.82, 2.24) is 4.72 Å². The van der Waals surface area contributed by atoms with Gasteiger partial charge in [-0.15, -0.1) is 0 Å². The molecular weight excluding hydrogens is 530 g/mol. The summed E-state index contributed by atoms with van der Waals surface area (Å²) in [5.41, 5.74) is 5.44. The van der Waals surface area contributed by atoms with Gasteiger partial charge in [-0.05, 0) is 79.6 Å². The van der Waals surface area contributed by atoms with Crippen molar-refractivity contribution in [1.29, 1.82) is 0 Å². The third-order valence-corrected chi connectivity index (χ3v) is 8.78. The first-order chi connectivity index (χ1) is 19.1. The lowest BCUT2D eigenvalue weighted by Gasteiger charge is -2.19. The summed E-state index contributed by atoms with van der Waals surface area (Å²) in [6.45, 7) is 4.71. The van der Waals surface area contributed by atoms with E-state index in [0.717, 1.165) is 36.3 Å². The fourth-order valence-corrected chi connectivity index (χ4v) is 6.41. The maximum absolute atomic E-state index is 12.9. The normalized spacial score (nSPS) is 15.2. The highest BCUT2D eigenvalue weighted by atomic mass is 32.2. The average Bonchev–Trinajstić information content (AvgIpc) is 3.62. The lowest BCUT2D eigenvalue weighted by molar-refractivity contribution is -0.118. The number of nitrogens with zero attached hydrogens (tertiary/aromatic N) is 2. The minimum absolute atomic E-state index is 0.0334. The van der Waals surface area contributed by atoms with E-state index >= 15 is 0 Å². The van der Waals surface area contributed by atoms with Crippen LogP contribution in [0.25, 0.3) is 11.1 Å². The summed E-state index contributed by atoms with van der Waals surface area (Å²) < 4.78 is 28.6. The Kier molecular flexibility index (Phi) is 9.44. The predicted octanol–water partition coefficient (Wildman–Crippen LogP) is 5.21. The van der Waals surface area contributed by atoms with Crippen LogP contribution in [-0.4, -0.2) is 56.4 Å². The summed E-state index contributed by atoms with van der Waals surface area (Å²) in [4.78, 5) is 25.8. The van der Waals surface area contributed by atoms with Gasteiger partial charge >= 0.3 is 6.16 Å². The third-order valence-electron chi connectivity index (χ3n) is 7.17. The SMILES string of the molecule is CC(CCC(=O)N1CCc2ccccc21)NS(=O)(=O)c1ccc(-c2ccc(N3CCCC3)cc2)cc1.O=C(O)O. The molecular formula is C30H35N3O6S. The van der Waals surface area contributed by atoms with E-state index in [4.69, 9.17) is 15.0 Å². The summed E-state index contributed by atoms with van der Waals surface area (Å²) in [5.74, 6) is 0.0334. The summed E-state index contributed by atoms with van der Waals surface area (Å²) >= 11 is 0. The van der Waals surface area contributed by atoms with Gasteiger partial charge in [0, 0.05) is 43.5 Å². The second kappa shape index (κ2) is 13.0. The Labute approximate surface area is 235 Å². The Morgan fingerprint density at radius 2 is 1.45 bits per heavy atom. The number of sulfonamides is 1. The number of carboxylic acid groups (broad SMARTS) is 2. The highest BCUT2D eigenvalue weighted by Gasteiger charge is 2.25. The number of carbonyl (C=O) groups excluding carboxylic acids is 1. The molecule has 3 aromatic carbocycles. The van der Waals surface area contributed by atoms with Crippen LogP contribution in [0.5, 0.6) is 0 Å². The molecule has 3 N–H and O–H groups in total. The minimum atomic E-state index is -3.67. The van der Waals surface area contributed by atoms with Crippen LogP contribution in [0.4, 0.5) is 16.2 Å². The van der Waals surface area contributed by atoms with E-state index in [1.54, 1.807) is 19.1 Å². The molecule has 1 amide bonds. The molecule has 1 unspecified atom stereocenters. The van der Waals surface area contributed by atoms with Crippen molar-refractivity contribution in [2.45, 2.75) is 50.0 Å². The van der Waals surface area contributed by atoms with Gasteiger partial charge in [0.05, 0.1) is 4.90 Å². The first-order valence-electron chi connectivity index (χ1n) is 13.4. The van der Waals surface area contributed by atoms with Gasteiger partial charge in [-0.3, -0.25) is 4.79 Å². The smallest absolute Gasteiger partial charge is 0.450 e. The van der Waals surface area contributed by atoms with Gasteiger partial charge in [0.25, 0.3) is 0 Å². The molecule has 212 valence electrons. The van der Waals surface area contributed by atoms with Crippen molar-refractivity contribution in [2.75, 3.05) is 29.4 Å². The second-order valence-corrected chi connectivity index (χ2v) is 11.7. The van der Waals surface area contributed by atoms with Gasteiger partial charge in [0.2, 0.25) is 15.9 Å². The van der Waals surface area contributed by atoms with Crippen LogP contribution < -0.4 is 14.5 Å². The van der Waals surface area contributed by atoms with Crippen LogP contribution in [0.2, 0.25) is 0 Å². The van der Waals surface area contributed by atoms with Crippen molar-refractivity contribution in [3.63, 3.8) is 0 Å². The summed E-state index contributed by atoms with van der Waals surface area (Å²) in [6.07, 6.45) is 2.26. The molecule has 0 aliphatic carbocycles. The number of hydrogen-bond donors (Lipinski definition) is 3. The van der Waals surface area contributed by atoms with Gasteiger partial charge in [0.15, 0.2) is 0 Å². The van der Waals surface area contributed by atoms with Gasteiger partial charge in [-0.2, -0.15) is 0 Å². The first-order valence-corrected chi connectivity index (χ1v) is 14.9. The number of benzene rings is 3. The molecule has 40 heavy (non-hydrogen) atoms. The molecule has 0 spiro atoms. The van der Waals surface area contributed by atoms with Gasteiger partial charge in [-0.25, -0.2) is 17.9 Å². The molecule has 1 saturated heterocycles. The molecule has 9 nitrogen and oxygen atoms in total. The fraction of sp³-hybridized carbons (Fsp3) is 0.333. The van der Waals surface area contributed by atoms with Crippen LogP contribution in [0.1, 0.15) is 38.2 Å². The maximum atomic E-state index is 12.9. The van der Waals surface area contributed by atoms with E-state index in [1.807, 2.05) is 41.3 Å². The van der Waals surface area contributed by atoms with Crippen LogP contribution in [0, 0.1) is 0 Å². The summed E-state index contributed by atoms with van der Waals surface area (Å²) in [7, 11) is -3.67. The Morgan fingerprint density at radius 1 is 0.875 bits per heavy atom. The number of amides is 1. The molecule has 1 fully saturated rings. The average molecular weight is 566 g/mol. The fourth-order valence-electron chi connectivity index (χ4n) is 5.13. The molecule has 0 aromatic heterocycles. The first kappa shape index (κ1) is 29.1. The highest BCUT2D eigenvalue weighted by molar-refractivity contribution is 7.89. The number of para-hydroxylation sites is 1. The van der Waals surface area contributed by atoms with Crippen molar-refractivity contribution in [3.8, 4) is 11.1 Å². The number of carbonyl (C=O) groups is 2. The van der Waals surface area contributed by atoms with Crippen LogP contribution in [0.15, 0.2) is 77.7 Å². The Hall–Kier alpha value is -3.89. The number of rotatable bonds is 8. The number of fused-ring (bicyclic) bond motifs is 1. The molecule has 10 heteroatoms. The van der Waals surface area contributed by atoms with E-state index in [2.05, 4.69) is 33.9 Å². The van der Waals surface area contributed by atoms with Crippen molar-refractivity contribution >= 4 is 33.5 Å². The number of nitrogens with one attached hydrogen (secondary N) is 1. The summed E-state index contributed by atoms with van der Waals surface area (Å²) in [6, 6.07) is 23.0. The minimum Gasteiger partial charge on any atom is -0.450 e. The van der Waals surface area contributed by atoms with Gasteiger partial charge < -0.3 is 20.0 Å². The summed E-state index contributed by atoms with van der Waals surface area (Å²) in [5, 5.41) is 13.9. The zero-order valence-electron chi connectivity index (χ0n) is 22.5. The van der Waals surface area contributed by atoms with E-state index < -0.39 is 16.2 Å². The van der Waals surface area contributed by atoms with Crippen molar-refractivity contribution < 1.29 is 28.2 Å². The number of hydrogen-bond acceptors (Lipinski definition) is 5. The monoisotopic (exact) mass is 565 g/mol. The van der Waals surface area contributed by atoms with Crippen LogP contribution >= 0.6 is 0 Å². The van der Waals surface area contributed by atoms with Gasteiger partial charge in [0.1, 0.15) is 0 Å². The molecule has 3 aromatic rings. The Bertz CT molecular complexity index is 1410. The number of anilines is 2. The lowest BCUT2D eigenvalue weighted by Crippen LogP contribution is -2.35. The largest absolute Gasteiger partial charge is 0.503 e. The standard InChI is InChI=1S/C29H33N3O3S.CH2O3/c1-22(8-17-29(33)32-21-18-25-6-2-3-7-28(25)32)30-36(34,35)27-15-11-24(12-16-27)23-9-13-26(14-10-23)31-19-4-5-20-31;2-1(3)4/h2-3,6-7,9-16,22,30H,4-5,8,17-21H2,1H3;(H2,2,3,4). The molecule has 1 atom stereocenters. The molecule has 2 aliphatic heterocycles. The van der Waals surface area contributed by atoms with Crippen LogP contribution in [-0.2, 0) is 21.2 Å². The third kappa shape index (κ3) is 7.40. The Morgan fingerprint density at radius 3 is 2.08 bits per heavy atom. The topological polar surface area (TPSA) is 127 Å². The molecule has 2 heterocycles. The predicted molar refractivity (Wildman–Crippen MR) is 155 cm³/mol. The molecule has 2 aliphatic rings. The Balaban J connectivity index is 0.000000867. The molecule has 0 bridgehead atoms.